The second kappa shape index (κ2) is 47.7. The third-order valence-corrected chi connectivity index (χ3v) is 14.6. The molecule has 1 fully saturated rings. The van der Waals surface area contributed by atoms with Gasteiger partial charge in [0.2, 0.25) is 0 Å². The molecular formula is C59H116N2O8. The molecule has 0 aromatic heterocycles. The van der Waals surface area contributed by atoms with Crippen LogP contribution >= 0.6 is 0 Å². The fourth-order valence-corrected chi connectivity index (χ4v) is 10.2. The summed E-state index contributed by atoms with van der Waals surface area (Å²) in [6.45, 7) is 12.5. The van der Waals surface area contributed by atoms with Crippen molar-refractivity contribution in [2.75, 3.05) is 39.3 Å². The SMILES string of the molecule is CCCCCCCCCCC(O)CN(CCCCC1OC(=O)C(CCCCN(CC(O)CCCCCCCCCC)CC(O)CCCCCCCCCC)OC1=O)CC(O)CCCCCCCCC. The van der Waals surface area contributed by atoms with Crippen LogP contribution in [0.15, 0.2) is 0 Å². The number of esters is 2. The van der Waals surface area contributed by atoms with Crippen LogP contribution in [0.3, 0.4) is 0 Å². The average Bonchev–Trinajstić information content (AvgIpc) is 3.32. The van der Waals surface area contributed by atoms with Crippen molar-refractivity contribution in [2.45, 2.75) is 328 Å². The molecule has 10 heteroatoms. The zero-order chi connectivity index (χ0) is 50.4. The van der Waals surface area contributed by atoms with E-state index in [9.17, 15) is 30.0 Å². The highest BCUT2D eigenvalue weighted by atomic mass is 16.6. The van der Waals surface area contributed by atoms with E-state index in [1.807, 2.05) is 0 Å². The minimum atomic E-state index is -0.904. The number of cyclic esters (lactones) is 2. The first-order valence-corrected chi connectivity index (χ1v) is 30.2. The summed E-state index contributed by atoms with van der Waals surface area (Å²) in [5.74, 6) is -0.950. The summed E-state index contributed by atoms with van der Waals surface area (Å²) in [5, 5.41) is 44.1. The molecule has 410 valence electrons. The second-order valence-corrected chi connectivity index (χ2v) is 21.7. The molecule has 6 unspecified atom stereocenters. The largest absolute Gasteiger partial charge is 0.448 e. The van der Waals surface area contributed by atoms with Gasteiger partial charge in [-0.15, -0.1) is 0 Å². The minimum Gasteiger partial charge on any atom is -0.448 e. The van der Waals surface area contributed by atoms with Crippen molar-refractivity contribution < 1.29 is 39.5 Å². The molecule has 0 aliphatic carbocycles. The molecule has 0 radical (unpaired) electrons. The fraction of sp³-hybridized carbons (Fsp3) is 0.966. The normalized spacial score (nSPS) is 17.1. The van der Waals surface area contributed by atoms with E-state index in [1.54, 1.807) is 0 Å². The number of aliphatic hydroxyl groups excluding tert-OH is 4. The van der Waals surface area contributed by atoms with Crippen LogP contribution in [0.2, 0.25) is 0 Å². The summed E-state index contributed by atoms with van der Waals surface area (Å²) in [6, 6.07) is 0. The molecule has 0 saturated carbocycles. The smallest absolute Gasteiger partial charge is 0.348 e. The van der Waals surface area contributed by atoms with Crippen LogP contribution in [-0.2, 0) is 19.1 Å². The highest BCUT2D eigenvalue weighted by molar-refractivity contribution is 5.87. The molecule has 1 rings (SSSR count). The highest BCUT2D eigenvalue weighted by Crippen LogP contribution is 2.21. The number of carbonyl (C=O) groups excluding carboxylic acids is 2. The molecule has 6 atom stereocenters. The van der Waals surface area contributed by atoms with E-state index in [4.69, 9.17) is 9.47 Å². The Hall–Kier alpha value is -1.30. The topological polar surface area (TPSA) is 140 Å². The van der Waals surface area contributed by atoms with Gasteiger partial charge < -0.3 is 29.9 Å². The van der Waals surface area contributed by atoms with Crippen molar-refractivity contribution in [3.05, 3.63) is 0 Å². The molecule has 1 aliphatic rings. The van der Waals surface area contributed by atoms with Crippen molar-refractivity contribution in [1.82, 2.24) is 9.80 Å². The lowest BCUT2D eigenvalue weighted by atomic mass is 10.0. The lowest BCUT2D eigenvalue weighted by Crippen LogP contribution is -2.44. The molecule has 1 heterocycles. The van der Waals surface area contributed by atoms with Gasteiger partial charge in [0, 0.05) is 26.2 Å². The Bertz CT molecular complexity index is 1100. The van der Waals surface area contributed by atoms with Gasteiger partial charge >= 0.3 is 11.9 Å². The highest BCUT2D eigenvalue weighted by Gasteiger charge is 2.37. The molecule has 0 aromatic rings. The quantitative estimate of drug-likeness (QED) is 0.0344. The molecule has 4 N–H and O–H groups in total. The maximum atomic E-state index is 13.1. The number of hydrogen-bond donors (Lipinski definition) is 4. The van der Waals surface area contributed by atoms with E-state index in [0.29, 0.717) is 65.0 Å². The summed E-state index contributed by atoms with van der Waals surface area (Å²) in [5.41, 5.74) is 0. The van der Waals surface area contributed by atoms with Crippen molar-refractivity contribution >= 4 is 11.9 Å². The van der Waals surface area contributed by atoms with E-state index in [1.165, 1.54) is 148 Å². The second-order valence-electron chi connectivity index (χ2n) is 21.7. The summed E-state index contributed by atoms with van der Waals surface area (Å²) in [4.78, 5) is 30.6. The molecular weight excluding hydrogens is 865 g/mol. The predicted octanol–water partition coefficient (Wildman–Crippen LogP) is 13.9. The van der Waals surface area contributed by atoms with Gasteiger partial charge in [-0.25, -0.2) is 9.59 Å². The standard InChI is InChI=1S/C59H116N2O8/c1-5-9-13-17-21-25-29-33-41-53(63)49-60(48-52(62)40-32-28-24-20-16-12-8-4)46-38-36-44-56-58(66)69-57(59(67)68-56)45-37-39-47-61(50-54(64)42-34-30-26-22-18-14-10-6-2)51-55(65)43-35-31-27-23-19-15-11-7-3/h52-57,62-65H,5-51H2,1-4H3. The first kappa shape index (κ1) is 65.7. The van der Waals surface area contributed by atoms with Crippen LogP contribution in [0, 0.1) is 0 Å². The van der Waals surface area contributed by atoms with Crippen LogP contribution in [0.5, 0.6) is 0 Å². The van der Waals surface area contributed by atoms with E-state index >= 15 is 0 Å². The van der Waals surface area contributed by atoms with Gasteiger partial charge in [-0.3, -0.25) is 9.80 Å². The third-order valence-electron chi connectivity index (χ3n) is 14.6. The third kappa shape index (κ3) is 39.9. The summed E-state index contributed by atoms with van der Waals surface area (Å²) < 4.78 is 11.4. The Balaban J connectivity index is 2.59. The van der Waals surface area contributed by atoms with Crippen molar-refractivity contribution in [3.63, 3.8) is 0 Å². The molecule has 69 heavy (non-hydrogen) atoms. The molecule has 1 saturated heterocycles. The van der Waals surface area contributed by atoms with Crippen molar-refractivity contribution in [3.8, 4) is 0 Å². The van der Waals surface area contributed by atoms with E-state index in [-0.39, 0.29) is 0 Å². The zero-order valence-corrected chi connectivity index (χ0v) is 46.0. The summed E-state index contributed by atoms with van der Waals surface area (Å²) >= 11 is 0. The Morgan fingerprint density at radius 1 is 0.333 bits per heavy atom. The van der Waals surface area contributed by atoms with Crippen LogP contribution in [0.1, 0.15) is 291 Å². The summed E-state index contributed by atoms with van der Waals surface area (Å²) in [7, 11) is 0. The average molecular weight is 982 g/mol. The van der Waals surface area contributed by atoms with Gasteiger partial charge in [0.05, 0.1) is 24.4 Å². The molecule has 0 spiro atoms. The van der Waals surface area contributed by atoms with Gasteiger partial charge in [-0.05, 0) is 77.3 Å². The van der Waals surface area contributed by atoms with Crippen LogP contribution in [-0.4, -0.2) is 118 Å². The first-order valence-electron chi connectivity index (χ1n) is 30.2. The van der Waals surface area contributed by atoms with Crippen molar-refractivity contribution in [2.24, 2.45) is 0 Å². The Morgan fingerprint density at radius 2 is 0.551 bits per heavy atom. The fourth-order valence-electron chi connectivity index (χ4n) is 10.2. The monoisotopic (exact) mass is 981 g/mol. The number of rotatable bonds is 53. The molecule has 0 bridgehead atoms. The Kier molecular flexibility index (Phi) is 45.4. The molecule has 1 aliphatic heterocycles. The Labute approximate surface area is 426 Å². The lowest BCUT2D eigenvalue weighted by Gasteiger charge is -2.29. The molecule has 10 nitrogen and oxygen atoms in total. The maximum absolute atomic E-state index is 13.1. The van der Waals surface area contributed by atoms with E-state index in [0.717, 1.165) is 89.9 Å². The van der Waals surface area contributed by atoms with Gasteiger partial charge in [-0.2, -0.15) is 0 Å². The van der Waals surface area contributed by atoms with Gasteiger partial charge in [0.25, 0.3) is 0 Å². The number of nitrogens with zero attached hydrogens (tertiary/aromatic N) is 2. The van der Waals surface area contributed by atoms with Crippen molar-refractivity contribution in [1.29, 1.82) is 0 Å². The van der Waals surface area contributed by atoms with Gasteiger partial charge in [0.15, 0.2) is 12.2 Å². The van der Waals surface area contributed by atoms with Gasteiger partial charge in [0.1, 0.15) is 0 Å². The van der Waals surface area contributed by atoms with Crippen LogP contribution < -0.4 is 0 Å². The molecule has 0 amide bonds. The number of unbranched alkanes of at least 4 members (excludes halogenated alkanes) is 29. The predicted molar refractivity (Wildman–Crippen MR) is 289 cm³/mol. The zero-order valence-electron chi connectivity index (χ0n) is 46.0. The van der Waals surface area contributed by atoms with E-state index in [2.05, 4.69) is 37.5 Å². The maximum Gasteiger partial charge on any atom is 0.348 e. The van der Waals surface area contributed by atoms with Crippen LogP contribution in [0.25, 0.3) is 0 Å². The first-order chi connectivity index (χ1) is 33.6. The van der Waals surface area contributed by atoms with Crippen LogP contribution in [0.4, 0.5) is 0 Å². The minimum absolute atomic E-state index is 0.393. The number of aliphatic hydroxyl groups is 4. The summed E-state index contributed by atoms with van der Waals surface area (Å²) in [6.07, 6.45) is 41.3. The number of carbonyl (C=O) groups is 2. The molecule has 0 aromatic carbocycles. The number of hydrogen-bond acceptors (Lipinski definition) is 10. The van der Waals surface area contributed by atoms with E-state index < -0.39 is 48.6 Å². The number of ether oxygens (including phenoxy) is 2. The van der Waals surface area contributed by atoms with Gasteiger partial charge in [-0.1, -0.05) is 227 Å². The Morgan fingerprint density at radius 3 is 0.783 bits per heavy atom. The lowest BCUT2D eigenvalue weighted by molar-refractivity contribution is -0.196.